The van der Waals surface area contributed by atoms with Crippen molar-refractivity contribution in [3.8, 4) is 17.2 Å². The molecule has 4 aromatic rings. The number of aromatic amines is 1. The fourth-order valence-electron chi connectivity index (χ4n) is 7.20. The van der Waals surface area contributed by atoms with E-state index < -0.39 is 27.4 Å². The molecule has 268 valence electrons. The third-order valence-electron chi connectivity index (χ3n) is 9.75. The summed E-state index contributed by atoms with van der Waals surface area (Å²) in [4.78, 5) is 30.4. The lowest BCUT2D eigenvalue weighted by Crippen LogP contribution is -2.62. The van der Waals surface area contributed by atoms with Gasteiger partial charge in [-0.05, 0) is 85.7 Å². The largest absolute Gasteiger partial charge is 0.493 e. The maximum atomic E-state index is 14.6. The second-order valence-electron chi connectivity index (χ2n) is 12.6. The number of sulfonamides is 1. The molecule has 2 fully saturated rings. The van der Waals surface area contributed by atoms with Crippen molar-refractivity contribution in [2.75, 3.05) is 60.2 Å². The number of aliphatic carboxylic acids is 1. The molecule has 2 N–H and O–H groups in total. The van der Waals surface area contributed by atoms with E-state index in [-0.39, 0.29) is 22.7 Å². The van der Waals surface area contributed by atoms with Crippen molar-refractivity contribution in [3.05, 3.63) is 81.5 Å². The molecule has 14 heteroatoms. The lowest BCUT2D eigenvalue weighted by Gasteiger charge is -2.48. The molecule has 6 rings (SSSR count). The second kappa shape index (κ2) is 15.5. The van der Waals surface area contributed by atoms with Gasteiger partial charge < -0.3 is 29.0 Å². The van der Waals surface area contributed by atoms with Gasteiger partial charge in [-0.2, -0.15) is 4.31 Å². The Balaban J connectivity index is 1.39. The molecule has 0 spiro atoms. The van der Waals surface area contributed by atoms with Gasteiger partial charge in [-0.3, -0.25) is 14.5 Å². The molecule has 1 unspecified atom stereocenters. The first kappa shape index (κ1) is 35.9. The van der Waals surface area contributed by atoms with Crippen LogP contribution in [0.4, 0.5) is 0 Å². The molecule has 2 aliphatic rings. The zero-order valence-corrected chi connectivity index (χ0v) is 29.9. The summed E-state index contributed by atoms with van der Waals surface area (Å²) in [5.74, 6) is -0.243. The number of morpholine rings is 1. The minimum atomic E-state index is -4.33. The van der Waals surface area contributed by atoms with E-state index in [9.17, 15) is 23.1 Å². The van der Waals surface area contributed by atoms with Crippen molar-refractivity contribution < 1.29 is 37.3 Å². The highest BCUT2D eigenvalue weighted by Crippen LogP contribution is 2.47. The van der Waals surface area contributed by atoms with Crippen LogP contribution in [0.25, 0.3) is 10.2 Å². The highest BCUT2D eigenvalue weighted by atomic mass is 32.2. The number of methoxy groups -OCH3 is 2. The highest BCUT2D eigenvalue weighted by Gasteiger charge is 2.56. The Morgan fingerprint density at radius 2 is 1.82 bits per heavy atom. The fraction of sp³-hybridized carbons (Fsp3) is 0.444. The van der Waals surface area contributed by atoms with Crippen LogP contribution < -0.4 is 19.1 Å². The predicted molar refractivity (Wildman–Crippen MR) is 190 cm³/mol. The van der Waals surface area contributed by atoms with E-state index in [0.717, 1.165) is 36.5 Å². The Hall–Kier alpha value is -3.95. The molecule has 3 heterocycles. The van der Waals surface area contributed by atoms with Crippen molar-refractivity contribution in [1.29, 1.82) is 0 Å². The summed E-state index contributed by atoms with van der Waals surface area (Å²) < 4.78 is 53.4. The van der Waals surface area contributed by atoms with Crippen LogP contribution in [0.15, 0.2) is 70.4 Å². The number of H-pyrrole nitrogens is 1. The van der Waals surface area contributed by atoms with Gasteiger partial charge in [-0.15, -0.1) is 0 Å². The van der Waals surface area contributed by atoms with E-state index in [1.54, 1.807) is 20.3 Å². The summed E-state index contributed by atoms with van der Waals surface area (Å²) in [6.07, 6.45) is 1.95. The number of nitrogens with one attached hydrogen (secondary N) is 1. The SMILES string of the molecule is COc1ccc(CC[C@H](c2cccc(OCCN3CCOCC3)c2)C2(C(=O)O)CCCCN2S(=O)(=O)c2ccc3[nH]c(=O)sc3c2)cc1OC. The molecule has 0 saturated carbocycles. The molecule has 50 heavy (non-hydrogen) atoms. The van der Waals surface area contributed by atoms with E-state index in [1.165, 1.54) is 16.4 Å². The second-order valence-corrected chi connectivity index (χ2v) is 15.5. The molecule has 0 aliphatic carbocycles. The molecule has 2 saturated heterocycles. The number of carboxylic acid groups (broad SMARTS) is 1. The molecule has 12 nitrogen and oxygen atoms in total. The topological polar surface area (TPSA) is 148 Å². The van der Waals surface area contributed by atoms with Crippen LogP contribution >= 0.6 is 11.3 Å². The number of thiazole rings is 1. The van der Waals surface area contributed by atoms with Crippen molar-refractivity contribution in [2.24, 2.45) is 0 Å². The van der Waals surface area contributed by atoms with Crippen LogP contribution in [-0.2, 0) is 26.0 Å². The first-order valence-corrected chi connectivity index (χ1v) is 19.0. The van der Waals surface area contributed by atoms with Gasteiger partial charge in [0.1, 0.15) is 17.9 Å². The van der Waals surface area contributed by atoms with Gasteiger partial charge in [0.2, 0.25) is 10.0 Å². The van der Waals surface area contributed by atoms with Crippen LogP contribution in [0.3, 0.4) is 0 Å². The molecular formula is C36H43N3O9S2. The monoisotopic (exact) mass is 725 g/mol. The Morgan fingerprint density at radius 1 is 1.02 bits per heavy atom. The number of piperidine rings is 1. The molecule has 0 amide bonds. The van der Waals surface area contributed by atoms with Gasteiger partial charge in [0.15, 0.2) is 11.5 Å². The zero-order valence-electron chi connectivity index (χ0n) is 28.3. The van der Waals surface area contributed by atoms with Crippen LogP contribution in [0.5, 0.6) is 17.2 Å². The van der Waals surface area contributed by atoms with Crippen molar-refractivity contribution >= 4 is 37.5 Å². The van der Waals surface area contributed by atoms with Crippen LogP contribution in [0.1, 0.15) is 42.7 Å². The number of ether oxygens (including phenoxy) is 4. The number of fused-ring (bicyclic) bond motifs is 1. The maximum Gasteiger partial charge on any atom is 0.325 e. The number of nitrogens with zero attached hydrogens (tertiary/aromatic N) is 2. The lowest BCUT2D eigenvalue weighted by atomic mass is 9.71. The number of hydrogen-bond acceptors (Lipinski definition) is 10. The molecule has 0 bridgehead atoms. The Bertz CT molecular complexity index is 1970. The highest BCUT2D eigenvalue weighted by molar-refractivity contribution is 7.89. The smallest absolute Gasteiger partial charge is 0.325 e. The van der Waals surface area contributed by atoms with Crippen LogP contribution in [-0.4, -0.2) is 99.4 Å². The number of rotatable bonds is 14. The van der Waals surface area contributed by atoms with Crippen molar-refractivity contribution in [3.63, 3.8) is 0 Å². The standard InChI is InChI=1S/C36H43N3O9S2/c1-45-31-13-9-25(22-32(31)46-2)8-11-29(26-6-5-7-27(23-26)48-21-18-38-16-19-47-20-17-38)36(34(40)41)14-3-4-15-39(36)50(43,44)28-10-12-30-33(24-28)49-35(42)37-30/h5-7,9-10,12-13,22-24,29H,3-4,8,11,14-21H2,1-2H3,(H,37,42)(H,40,41)/t29-,36?/m1/s1. The third-order valence-corrected chi connectivity index (χ3v) is 12.5. The Morgan fingerprint density at radius 3 is 2.58 bits per heavy atom. The van der Waals surface area contributed by atoms with Gasteiger partial charge in [0.05, 0.1) is 42.5 Å². The number of benzene rings is 3. The van der Waals surface area contributed by atoms with Gasteiger partial charge in [-0.25, -0.2) is 8.42 Å². The van der Waals surface area contributed by atoms with E-state index in [0.29, 0.717) is 78.5 Å². The summed E-state index contributed by atoms with van der Waals surface area (Å²) in [7, 11) is -1.21. The fourth-order valence-corrected chi connectivity index (χ4v) is 9.91. The van der Waals surface area contributed by atoms with Crippen molar-refractivity contribution in [2.45, 2.75) is 48.5 Å². The van der Waals surface area contributed by atoms with E-state index in [4.69, 9.17) is 18.9 Å². The molecular weight excluding hydrogens is 683 g/mol. The van der Waals surface area contributed by atoms with E-state index in [2.05, 4.69) is 9.88 Å². The third kappa shape index (κ3) is 7.40. The minimum absolute atomic E-state index is 0.0403. The van der Waals surface area contributed by atoms with E-state index in [1.807, 2.05) is 42.5 Å². The Kier molecular flexibility index (Phi) is 11.1. The van der Waals surface area contributed by atoms with Gasteiger partial charge in [-0.1, -0.05) is 29.5 Å². The van der Waals surface area contributed by atoms with E-state index >= 15 is 0 Å². The number of aromatic nitrogens is 1. The predicted octanol–water partition coefficient (Wildman–Crippen LogP) is 4.73. The molecule has 2 atom stereocenters. The summed E-state index contributed by atoms with van der Waals surface area (Å²) in [6.45, 7) is 4.25. The number of hydrogen-bond donors (Lipinski definition) is 2. The molecule has 2 aliphatic heterocycles. The average Bonchev–Trinajstić information content (AvgIpc) is 3.51. The number of aryl methyl sites for hydroxylation is 1. The first-order valence-electron chi connectivity index (χ1n) is 16.8. The number of carbonyl (C=O) groups is 1. The summed E-state index contributed by atoms with van der Waals surface area (Å²) in [5.41, 5.74) is 0.294. The normalized spacial score (nSPS) is 19.6. The molecule has 3 aromatic carbocycles. The van der Waals surface area contributed by atoms with Crippen LogP contribution in [0.2, 0.25) is 0 Å². The lowest BCUT2D eigenvalue weighted by molar-refractivity contribution is -0.152. The van der Waals surface area contributed by atoms with Gasteiger partial charge in [0.25, 0.3) is 0 Å². The zero-order chi connectivity index (χ0) is 35.3. The van der Waals surface area contributed by atoms with Gasteiger partial charge in [0, 0.05) is 32.1 Å². The molecule has 1 aromatic heterocycles. The van der Waals surface area contributed by atoms with Gasteiger partial charge >= 0.3 is 10.8 Å². The molecule has 0 radical (unpaired) electrons. The quantitative estimate of drug-likeness (QED) is 0.187. The Labute approximate surface area is 295 Å². The first-order chi connectivity index (χ1) is 24.1. The maximum absolute atomic E-state index is 14.6. The van der Waals surface area contributed by atoms with Crippen molar-refractivity contribution in [1.82, 2.24) is 14.2 Å². The summed E-state index contributed by atoms with van der Waals surface area (Å²) in [5, 5.41) is 11.2. The van der Waals surface area contributed by atoms with Crippen LogP contribution in [0, 0.1) is 0 Å². The summed E-state index contributed by atoms with van der Waals surface area (Å²) in [6, 6.07) is 17.4. The minimum Gasteiger partial charge on any atom is -0.493 e. The number of carboxylic acids is 1. The average molecular weight is 726 g/mol. The summed E-state index contributed by atoms with van der Waals surface area (Å²) >= 11 is 0.914.